The molecule has 1 aliphatic heterocycles. The highest BCUT2D eigenvalue weighted by molar-refractivity contribution is 5.95. The number of aromatic amines is 1. The molecule has 0 aromatic carbocycles. The molecule has 0 fully saturated rings. The molecule has 0 spiro atoms. The van der Waals surface area contributed by atoms with Gasteiger partial charge in [0.15, 0.2) is 0 Å². The molecule has 0 saturated heterocycles. The molecule has 0 bridgehead atoms. The molecule has 0 radical (unpaired) electrons. The van der Waals surface area contributed by atoms with Crippen LogP contribution in [0.5, 0.6) is 0 Å². The van der Waals surface area contributed by atoms with E-state index in [9.17, 15) is 14.4 Å². The zero-order chi connectivity index (χ0) is 14.7. The van der Waals surface area contributed by atoms with Crippen molar-refractivity contribution in [1.29, 1.82) is 0 Å². The molecule has 106 valence electrons. The van der Waals surface area contributed by atoms with E-state index in [0.717, 1.165) is 6.20 Å². The van der Waals surface area contributed by atoms with Crippen LogP contribution in [0.15, 0.2) is 23.6 Å². The van der Waals surface area contributed by atoms with Gasteiger partial charge in [0.25, 0.3) is 5.56 Å². The van der Waals surface area contributed by atoms with Crippen LogP contribution in [0.3, 0.4) is 0 Å². The minimum Gasteiger partial charge on any atom is -0.478 e. The van der Waals surface area contributed by atoms with Crippen LogP contribution in [-0.2, 0) is 11.2 Å². The van der Waals surface area contributed by atoms with Crippen LogP contribution in [-0.4, -0.2) is 35.3 Å². The Morgan fingerprint density at radius 1 is 1.55 bits per heavy atom. The number of anilines is 1. The lowest BCUT2D eigenvalue weighted by Gasteiger charge is -2.28. The monoisotopic (exact) mass is 278 g/mol. The first-order chi connectivity index (χ1) is 9.56. The lowest BCUT2D eigenvalue weighted by Crippen LogP contribution is -2.40. The lowest BCUT2D eigenvalue weighted by atomic mass is 9.99. The maximum atomic E-state index is 11.9. The second kappa shape index (κ2) is 5.60. The maximum absolute atomic E-state index is 11.9. The first-order valence-electron chi connectivity index (χ1n) is 6.09. The molecule has 0 aliphatic carbocycles. The van der Waals surface area contributed by atoms with Crippen LogP contribution in [0, 0.1) is 0 Å². The average molecular weight is 278 g/mol. The quantitative estimate of drug-likeness (QED) is 0.808. The summed E-state index contributed by atoms with van der Waals surface area (Å²) >= 11 is 0. The molecule has 7 nitrogen and oxygen atoms in total. The summed E-state index contributed by atoms with van der Waals surface area (Å²) in [5.74, 6) is -1.14. The highest BCUT2D eigenvalue weighted by atomic mass is 16.6. The van der Waals surface area contributed by atoms with Gasteiger partial charge in [0.05, 0.1) is 5.56 Å². The van der Waals surface area contributed by atoms with Gasteiger partial charge in [-0.2, -0.15) is 0 Å². The summed E-state index contributed by atoms with van der Waals surface area (Å²) in [7, 11) is 0. The van der Waals surface area contributed by atoms with E-state index in [0.29, 0.717) is 24.9 Å². The van der Waals surface area contributed by atoms with Crippen LogP contribution >= 0.6 is 0 Å². The lowest BCUT2D eigenvalue weighted by molar-refractivity contribution is 0.0694. The first kappa shape index (κ1) is 13.9. The SMILES string of the molecule is C=CCOC(=O)N1CCCc2c(C(=O)O)c[nH]c(=O)c21. The number of hydrogen-bond donors (Lipinski definition) is 2. The van der Waals surface area contributed by atoms with Crippen molar-refractivity contribution in [2.24, 2.45) is 0 Å². The van der Waals surface area contributed by atoms with Gasteiger partial charge in [0.2, 0.25) is 0 Å². The van der Waals surface area contributed by atoms with Gasteiger partial charge in [-0.1, -0.05) is 12.7 Å². The summed E-state index contributed by atoms with van der Waals surface area (Å²) in [6.07, 6.45) is 2.90. The normalized spacial score (nSPS) is 13.5. The first-order valence-corrected chi connectivity index (χ1v) is 6.09. The topological polar surface area (TPSA) is 99.7 Å². The Balaban J connectivity index is 2.47. The molecule has 0 saturated carbocycles. The number of hydrogen-bond acceptors (Lipinski definition) is 4. The van der Waals surface area contributed by atoms with E-state index >= 15 is 0 Å². The van der Waals surface area contributed by atoms with Crippen LogP contribution in [0.25, 0.3) is 0 Å². The van der Waals surface area contributed by atoms with Crippen molar-refractivity contribution in [3.8, 4) is 0 Å². The van der Waals surface area contributed by atoms with E-state index < -0.39 is 17.6 Å². The van der Waals surface area contributed by atoms with Crippen molar-refractivity contribution in [1.82, 2.24) is 4.98 Å². The van der Waals surface area contributed by atoms with Gasteiger partial charge in [-0.05, 0) is 18.4 Å². The number of ether oxygens (including phenoxy) is 1. The van der Waals surface area contributed by atoms with Crippen molar-refractivity contribution in [3.05, 3.63) is 40.3 Å². The molecular formula is C13H14N2O5. The number of pyridine rings is 1. The third kappa shape index (κ3) is 2.42. The Bertz CT molecular complexity index is 620. The predicted molar refractivity (Wildman–Crippen MR) is 71.2 cm³/mol. The van der Waals surface area contributed by atoms with Gasteiger partial charge in [-0.15, -0.1) is 0 Å². The largest absolute Gasteiger partial charge is 0.478 e. The molecule has 7 heteroatoms. The van der Waals surface area contributed by atoms with Gasteiger partial charge < -0.3 is 14.8 Å². The molecular weight excluding hydrogens is 264 g/mol. The summed E-state index contributed by atoms with van der Waals surface area (Å²) < 4.78 is 4.91. The van der Waals surface area contributed by atoms with Crippen molar-refractivity contribution in [3.63, 3.8) is 0 Å². The predicted octanol–water partition coefficient (Wildman–Crippen LogP) is 1.15. The molecule has 1 aromatic rings. The number of carboxylic acid groups (broad SMARTS) is 1. The zero-order valence-corrected chi connectivity index (χ0v) is 10.7. The third-order valence-electron chi connectivity index (χ3n) is 3.03. The minimum atomic E-state index is -1.14. The summed E-state index contributed by atoms with van der Waals surface area (Å²) in [5.41, 5.74) is -0.0747. The number of aromatic carboxylic acids is 1. The molecule has 0 unspecified atom stereocenters. The number of nitrogens with zero attached hydrogens (tertiary/aromatic N) is 1. The van der Waals surface area contributed by atoms with Gasteiger partial charge in [-0.25, -0.2) is 9.59 Å². The van der Waals surface area contributed by atoms with E-state index in [1.165, 1.54) is 11.0 Å². The van der Waals surface area contributed by atoms with Gasteiger partial charge in [0.1, 0.15) is 12.3 Å². The summed E-state index contributed by atoms with van der Waals surface area (Å²) in [6, 6.07) is 0. The zero-order valence-electron chi connectivity index (χ0n) is 10.7. The van der Waals surface area contributed by atoms with Crippen molar-refractivity contribution in [2.75, 3.05) is 18.1 Å². The Hall–Kier alpha value is -2.57. The van der Waals surface area contributed by atoms with Crippen molar-refractivity contribution in [2.45, 2.75) is 12.8 Å². The van der Waals surface area contributed by atoms with Crippen LogP contribution in [0.1, 0.15) is 22.3 Å². The van der Waals surface area contributed by atoms with E-state index in [-0.39, 0.29) is 17.9 Å². The second-order valence-corrected chi connectivity index (χ2v) is 4.28. The molecule has 1 amide bonds. The highest BCUT2D eigenvalue weighted by Gasteiger charge is 2.29. The van der Waals surface area contributed by atoms with Gasteiger partial charge in [0, 0.05) is 12.7 Å². The van der Waals surface area contributed by atoms with E-state index in [1.807, 2.05) is 0 Å². The molecule has 2 heterocycles. The van der Waals surface area contributed by atoms with Gasteiger partial charge in [-0.3, -0.25) is 9.69 Å². The summed E-state index contributed by atoms with van der Waals surface area (Å²) in [5, 5.41) is 9.13. The number of carbonyl (C=O) groups is 2. The number of carboxylic acids is 1. The second-order valence-electron chi connectivity index (χ2n) is 4.28. The maximum Gasteiger partial charge on any atom is 0.414 e. The number of aromatic nitrogens is 1. The molecule has 1 aromatic heterocycles. The van der Waals surface area contributed by atoms with E-state index in [4.69, 9.17) is 9.84 Å². The Morgan fingerprint density at radius 2 is 2.30 bits per heavy atom. The van der Waals surface area contributed by atoms with Crippen LogP contribution < -0.4 is 10.5 Å². The Labute approximate surface area is 114 Å². The minimum absolute atomic E-state index is 0.000760. The molecule has 2 N–H and O–H groups in total. The van der Waals surface area contributed by atoms with Crippen LogP contribution in [0.4, 0.5) is 10.5 Å². The summed E-state index contributed by atoms with van der Waals surface area (Å²) in [6.45, 7) is 3.78. The van der Waals surface area contributed by atoms with E-state index in [1.54, 1.807) is 0 Å². The molecule has 0 atom stereocenters. The number of rotatable bonds is 3. The van der Waals surface area contributed by atoms with Crippen molar-refractivity contribution < 1.29 is 19.4 Å². The van der Waals surface area contributed by atoms with Crippen molar-refractivity contribution >= 4 is 17.7 Å². The highest BCUT2D eigenvalue weighted by Crippen LogP contribution is 2.26. The number of carbonyl (C=O) groups excluding carboxylic acids is 1. The van der Waals surface area contributed by atoms with Crippen LogP contribution in [0.2, 0.25) is 0 Å². The number of fused-ring (bicyclic) bond motifs is 1. The number of amides is 1. The molecule has 20 heavy (non-hydrogen) atoms. The third-order valence-corrected chi connectivity index (χ3v) is 3.03. The smallest absolute Gasteiger partial charge is 0.414 e. The van der Waals surface area contributed by atoms with Gasteiger partial charge >= 0.3 is 12.1 Å². The standard InChI is InChI=1S/C13H14N2O5/c1-2-6-20-13(19)15-5-3-4-8-9(12(17)18)7-14-11(16)10(8)15/h2,7H,1,3-6H2,(H,14,16)(H,17,18). The fourth-order valence-electron chi connectivity index (χ4n) is 2.20. The summed E-state index contributed by atoms with van der Waals surface area (Å²) in [4.78, 5) is 38.5. The van der Waals surface area contributed by atoms with E-state index in [2.05, 4.69) is 11.6 Å². The fraction of sp³-hybridized carbons (Fsp3) is 0.308. The number of nitrogens with one attached hydrogen (secondary N) is 1. The Morgan fingerprint density at radius 3 is 2.95 bits per heavy atom. The fourth-order valence-corrected chi connectivity index (χ4v) is 2.20. The molecule has 1 aliphatic rings. The Kier molecular flexibility index (Phi) is 3.88. The molecule has 2 rings (SSSR count). The number of H-pyrrole nitrogens is 1. The average Bonchev–Trinajstić information content (AvgIpc) is 2.44.